The van der Waals surface area contributed by atoms with Gasteiger partial charge in [0.15, 0.2) is 0 Å². The highest BCUT2D eigenvalue weighted by atomic mass is 32.2. The van der Waals surface area contributed by atoms with Gasteiger partial charge in [-0.25, -0.2) is 0 Å². The summed E-state index contributed by atoms with van der Waals surface area (Å²) in [4.78, 5) is 12.5. The van der Waals surface area contributed by atoms with Gasteiger partial charge in [-0.3, -0.25) is 4.79 Å². The Balaban J connectivity index is 2.16. The summed E-state index contributed by atoms with van der Waals surface area (Å²) >= 11 is 1.48. The Morgan fingerprint density at radius 1 is 1.25 bits per heavy atom. The molecule has 0 aromatic heterocycles. The number of hydrogen-bond donors (Lipinski definition) is 2. The number of nitrogens with two attached hydrogens (primary N) is 1. The van der Waals surface area contributed by atoms with E-state index in [1.54, 1.807) is 24.3 Å². The number of nitriles is 1. The molecule has 4 nitrogen and oxygen atoms in total. The first-order valence-corrected chi connectivity index (χ1v) is 6.68. The van der Waals surface area contributed by atoms with E-state index in [0.717, 1.165) is 9.79 Å². The van der Waals surface area contributed by atoms with Crippen LogP contribution in [0.1, 0.15) is 11.1 Å². The standard InChI is InChI=1S/C15H12N2O2S/c16-9-10-1-4-12(5-2-10)20-14-6-3-11(7-13(14)17)8-15(18)19/h1-7H,8,17H2,(H,18,19). The van der Waals surface area contributed by atoms with Gasteiger partial charge in [-0.1, -0.05) is 17.8 Å². The second kappa shape index (κ2) is 6.13. The number of hydrogen-bond acceptors (Lipinski definition) is 4. The Morgan fingerprint density at radius 2 is 1.95 bits per heavy atom. The molecule has 0 heterocycles. The van der Waals surface area contributed by atoms with Crippen molar-refractivity contribution in [3.05, 3.63) is 53.6 Å². The highest BCUT2D eigenvalue weighted by Gasteiger charge is 2.06. The summed E-state index contributed by atoms with van der Waals surface area (Å²) in [5, 5.41) is 17.5. The van der Waals surface area contributed by atoms with Crippen LogP contribution in [0.2, 0.25) is 0 Å². The van der Waals surface area contributed by atoms with Crippen molar-refractivity contribution in [2.45, 2.75) is 16.2 Å². The summed E-state index contributed by atoms with van der Waals surface area (Å²) in [6, 6.07) is 14.5. The van der Waals surface area contributed by atoms with Gasteiger partial charge in [0.2, 0.25) is 0 Å². The van der Waals surface area contributed by atoms with Gasteiger partial charge in [0.25, 0.3) is 0 Å². The lowest BCUT2D eigenvalue weighted by Gasteiger charge is -2.07. The first kappa shape index (κ1) is 14.0. The molecule has 0 aliphatic carbocycles. The number of nitrogen functional groups attached to an aromatic ring is 1. The number of nitrogens with zero attached hydrogens (tertiary/aromatic N) is 1. The number of carboxylic acid groups (broad SMARTS) is 1. The van der Waals surface area contributed by atoms with E-state index in [4.69, 9.17) is 16.1 Å². The molecule has 0 saturated heterocycles. The summed E-state index contributed by atoms with van der Waals surface area (Å²) in [6.07, 6.45) is -0.0357. The molecule has 3 N–H and O–H groups in total. The molecule has 2 aromatic rings. The van der Waals surface area contributed by atoms with Crippen LogP contribution in [0.4, 0.5) is 5.69 Å². The summed E-state index contributed by atoms with van der Waals surface area (Å²) in [5.74, 6) is -0.878. The molecule has 100 valence electrons. The SMILES string of the molecule is N#Cc1ccc(Sc2ccc(CC(=O)O)cc2N)cc1. The Kier molecular flexibility index (Phi) is 4.28. The van der Waals surface area contributed by atoms with Crippen LogP contribution in [0, 0.1) is 11.3 Å². The zero-order valence-corrected chi connectivity index (χ0v) is 11.4. The highest BCUT2D eigenvalue weighted by Crippen LogP contribution is 2.32. The first-order valence-electron chi connectivity index (χ1n) is 5.86. The molecule has 0 aliphatic heterocycles. The molecule has 0 saturated carbocycles. The van der Waals surface area contributed by atoms with Crippen LogP contribution >= 0.6 is 11.8 Å². The smallest absolute Gasteiger partial charge is 0.307 e. The Labute approximate surface area is 120 Å². The van der Waals surface area contributed by atoms with E-state index >= 15 is 0 Å². The van der Waals surface area contributed by atoms with Crippen molar-refractivity contribution in [1.82, 2.24) is 0 Å². The number of aliphatic carboxylic acids is 1. The molecule has 5 heteroatoms. The van der Waals surface area contributed by atoms with Gasteiger partial charge in [0.1, 0.15) is 0 Å². The number of rotatable bonds is 4. The number of carbonyl (C=O) groups is 1. The fourth-order valence-corrected chi connectivity index (χ4v) is 2.54. The molecule has 0 fully saturated rings. The lowest BCUT2D eigenvalue weighted by molar-refractivity contribution is -0.136. The predicted octanol–water partition coefficient (Wildman–Crippen LogP) is 2.92. The maximum atomic E-state index is 10.6. The van der Waals surface area contributed by atoms with Crippen LogP contribution in [0.15, 0.2) is 52.3 Å². The zero-order chi connectivity index (χ0) is 14.5. The van der Waals surface area contributed by atoms with Crippen molar-refractivity contribution in [3.8, 4) is 6.07 Å². The maximum Gasteiger partial charge on any atom is 0.307 e. The van der Waals surface area contributed by atoms with Crippen LogP contribution in [0.25, 0.3) is 0 Å². The molecule has 20 heavy (non-hydrogen) atoms. The zero-order valence-electron chi connectivity index (χ0n) is 10.5. The van der Waals surface area contributed by atoms with E-state index < -0.39 is 5.97 Å². The Morgan fingerprint density at radius 3 is 2.50 bits per heavy atom. The van der Waals surface area contributed by atoms with Crippen LogP contribution in [-0.2, 0) is 11.2 Å². The van der Waals surface area contributed by atoms with Gasteiger partial charge in [-0.2, -0.15) is 5.26 Å². The molecule has 0 bridgehead atoms. The molecule has 0 amide bonds. The molecule has 0 unspecified atom stereocenters. The average molecular weight is 284 g/mol. The molecule has 2 rings (SSSR count). The van der Waals surface area contributed by atoms with Crippen molar-refractivity contribution in [2.75, 3.05) is 5.73 Å². The van der Waals surface area contributed by atoms with E-state index in [1.807, 2.05) is 18.2 Å². The second-order valence-corrected chi connectivity index (χ2v) is 5.30. The molecule has 0 aliphatic rings. The summed E-state index contributed by atoms with van der Waals surface area (Å²) in [5.41, 5.74) is 7.78. The van der Waals surface area contributed by atoms with Crippen LogP contribution < -0.4 is 5.73 Å². The summed E-state index contributed by atoms with van der Waals surface area (Å²) < 4.78 is 0. The molecule has 0 atom stereocenters. The van der Waals surface area contributed by atoms with E-state index in [0.29, 0.717) is 16.8 Å². The second-order valence-electron chi connectivity index (χ2n) is 4.18. The number of anilines is 1. The van der Waals surface area contributed by atoms with Crippen LogP contribution in [0.3, 0.4) is 0 Å². The van der Waals surface area contributed by atoms with E-state index in [-0.39, 0.29) is 6.42 Å². The van der Waals surface area contributed by atoms with E-state index in [2.05, 4.69) is 6.07 Å². The largest absolute Gasteiger partial charge is 0.481 e. The minimum atomic E-state index is -0.878. The van der Waals surface area contributed by atoms with Gasteiger partial charge < -0.3 is 10.8 Å². The van der Waals surface area contributed by atoms with Gasteiger partial charge in [0.05, 0.1) is 18.1 Å². The third-order valence-corrected chi connectivity index (χ3v) is 3.74. The Bertz CT molecular complexity index is 675. The van der Waals surface area contributed by atoms with Crippen molar-refractivity contribution in [1.29, 1.82) is 5.26 Å². The fraction of sp³-hybridized carbons (Fsp3) is 0.0667. The molecular weight excluding hydrogens is 272 g/mol. The minimum Gasteiger partial charge on any atom is -0.481 e. The van der Waals surface area contributed by atoms with Crippen LogP contribution in [-0.4, -0.2) is 11.1 Å². The third-order valence-electron chi connectivity index (χ3n) is 2.64. The van der Waals surface area contributed by atoms with Gasteiger partial charge in [-0.05, 0) is 42.0 Å². The first-order chi connectivity index (χ1) is 9.58. The third kappa shape index (κ3) is 3.53. The highest BCUT2D eigenvalue weighted by molar-refractivity contribution is 7.99. The lowest BCUT2D eigenvalue weighted by atomic mass is 10.1. The molecule has 2 aromatic carbocycles. The van der Waals surface area contributed by atoms with Crippen LogP contribution in [0.5, 0.6) is 0 Å². The Hall–Kier alpha value is -2.45. The monoisotopic (exact) mass is 284 g/mol. The van der Waals surface area contributed by atoms with Gasteiger partial charge in [-0.15, -0.1) is 0 Å². The molecule has 0 spiro atoms. The van der Waals surface area contributed by atoms with Crippen molar-refractivity contribution in [2.24, 2.45) is 0 Å². The molecular formula is C15H12N2O2S. The fourth-order valence-electron chi connectivity index (χ4n) is 1.70. The van der Waals surface area contributed by atoms with Crippen molar-refractivity contribution >= 4 is 23.4 Å². The number of carboxylic acids is 1. The van der Waals surface area contributed by atoms with E-state index in [1.165, 1.54) is 11.8 Å². The van der Waals surface area contributed by atoms with E-state index in [9.17, 15) is 4.79 Å². The summed E-state index contributed by atoms with van der Waals surface area (Å²) in [7, 11) is 0. The average Bonchev–Trinajstić information content (AvgIpc) is 2.42. The lowest BCUT2D eigenvalue weighted by Crippen LogP contribution is -2.01. The topological polar surface area (TPSA) is 87.1 Å². The van der Waals surface area contributed by atoms with Gasteiger partial charge in [0, 0.05) is 15.5 Å². The number of benzene rings is 2. The minimum absolute atomic E-state index is 0.0357. The summed E-state index contributed by atoms with van der Waals surface area (Å²) in [6.45, 7) is 0. The quantitative estimate of drug-likeness (QED) is 0.843. The van der Waals surface area contributed by atoms with Crippen molar-refractivity contribution in [3.63, 3.8) is 0 Å². The molecule has 0 radical (unpaired) electrons. The predicted molar refractivity (Wildman–Crippen MR) is 77.5 cm³/mol. The normalized spacial score (nSPS) is 9.95. The maximum absolute atomic E-state index is 10.6. The van der Waals surface area contributed by atoms with Gasteiger partial charge >= 0.3 is 5.97 Å². The van der Waals surface area contributed by atoms with Crippen molar-refractivity contribution < 1.29 is 9.90 Å².